The van der Waals surface area contributed by atoms with Gasteiger partial charge in [0, 0.05) is 5.69 Å². The van der Waals surface area contributed by atoms with Crippen molar-refractivity contribution in [3.05, 3.63) is 36.2 Å². The maximum atomic E-state index is 12.7. The summed E-state index contributed by atoms with van der Waals surface area (Å²) in [6, 6.07) is 0.855. The standard InChI is InChI=1S/C18H24N4O3/c1-5-7-8-15(18(24)25)21-17(23)13-9-11(3)20-16-14(13)10-19-22(16)12(4)6-2/h5,9-10,12,15H,1,6-8H2,2-4H3,(H,21,23)(H,24,25). The number of aromatic nitrogens is 3. The first kappa shape index (κ1) is 18.6. The number of pyridine rings is 1. The minimum absolute atomic E-state index is 0.155. The van der Waals surface area contributed by atoms with Crippen LogP contribution < -0.4 is 5.32 Å². The van der Waals surface area contributed by atoms with Crippen LogP contribution in [-0.4, -0.2) is 37.8 Å². The molecule has 0 fully saturated rings. The van der Waals surface area contributed by atoms with Crippen molar-refractivity contribution < 1.29 is 14.7 Å². The third-order valence-corrected chi connectivity index (χ3v) is 4.21. The smallest absolute Gasteiger partial charge is 0.326 e. The molecule has 134 valence electrons. The summed E-state index contributed by atoms with van der Waals surface area (Å²) in [6.45, 7) is 9.47. The summed E-state index contributed by atoms with van der Waals surface area (Å²) >= 11 is 0. The Morgan fingerprint density at radius 3 is 2.80 bits per heavy atom. The lowest BCUT2D eigenvalue weighted by Crippen LogP contribution is -2.40. The van der Waals surface area contributed by atoms with E-state index in [-0.39, 0.29) is 6.04 Å². The minimum atomic E-state index is -1.06. The number of carbonyl (C=O) groups excluding carboxylic acids is 1. The molecule has 0 aromatic carbocycles. The fourth-order valence-corrected chi connectivity index (χ4v) is 2.60. The Balaban J connectivity index is 2.39. The molecule has 0 saturated carbocycles. The molecule has 2 N–H and O–H groups in total. The highest BCUT2D eigenvalue weighted by Crippen LogP contribution is 2.22. The van der Waals surface area contributed by atoms with Crippen molar-refractivity contribution in [2.75, 3.05) is 0 Å². The van der Waals surface area contributed by atoms with Crippen LogP contribution in [0, 0.1) is 6.92 Å². The number of carbonyl (C=O) groups is 2. The molecular formula is C18H24N4O3. The summed E-state index contributed by atoms with van der Waals surface area (Å²) in [5, 5.41) is 16.9. The summed E-state index contributed by atoms with van der Waals surface area (Å²) in [6.07, 6.45) is 4.93. The molecule has 2 atom stereocenters. The first-order chi connectivity index (χ1) is 11.9. The van der Waals surface area contributed by atoms with Gasteiger partial charge in [0.1, 0.15) is 6.04 Å². The van der Waals surface area contributed by atoms with Gasteiger partial charge in [-0.3, -0.25) is 4.79 Å². The Morgan fingerprint density at radius 1 is 1.48 bits per heavy atom. The molecule has 7 nitrogen and oxygen atoms in total. The predicted octanol–water partition coefficient (Wildman–Crippen LogP) is 2.86. The van der Waals surface area contributed by atoms with Crippen molar-refractivity contribution in [3.63, 3.8) is 0 Å². The molecule has 2 unspecified atom stereocenters. The minimum Gasteiger partial charge on any atom is -0.480 e. The van der Waals surface area contributed by atoms with Gasteiger partial charge in [-0.2, -0.15) is 5.10 Å². The maximum absolute atomic E-state index is 12.7. The van der Waals surface area contributed by atoms with Crippen molar-refractivity contribution in [3.8, 4) is 0 Å². The van der Waals surface area contributed by atoms with Gasteiger partial charge in [0.15, 0.2) is 5.65 Å². The quantitative estimate of drug-likeness (QED) is 0.718. The Labute approximate surface area is 146 Å². The molecule has 25 heavy (non-hydrogen) atoms. The predicted molar refractivity (Wildman–Crippen MR) is 95.6 cm³/mol. The van der Waals surface area contributed by atoms with E-state index in [1.165, 1.54) is 0 Å². The Morgan fingerprint density at radius 2 is 2.20 bits per heavy atom. The average molecular weight is 344 g/mol. The molecule has 0 saturated heterocycles. The molecule has 2 aromatic rings. The fourth-order valence-electron chi connectivity index (χ4n) is 2.60. The third kappa shape index (κ3) is 4.04. The van der Waals surface area contributed by atoms with Gasteiger partial charge in [-0.25, -0.2) is 14.5 Å². The number of hydrogen-bond donors (Lipinski definition) is 2. The lowest BCUT2D eigenvalue weighted by Gasteiger charge is -2.15. The number of hydrogen-bond acceptors (Lipinski definition) is 4. The van der Waals surface area contributed by atoms with Gasteiger partial charge >= 0.3 is 5.97 Å². The summed E-state index contributed by atoms with van der Waals surface area (Å²) in [7, 11) is 0. The number of nitrogens with zero attached hydrogens (tertiary/aromatic N) is 3. The van der Waals surface area contributed by atoms with E-state index in [0.29, 0.717) is 35.1 Å². The van der Waals surface area contributed by atoms with Crippen LogP contribution >= 0.6 is 0 Å². The Bertz CT molecular complexity index is 797. The SMILES string of the molecule is C=CCCC(NC(=O)c1cc(C)nc2c1cnn2C(C)CC)C(=O)O. The summed E-state index contributed by atoms with van der Waals surface area (Å²) in [4.78, 5) is 28.5. The Kier molecular flexibility index (Phi) is 5.90. The summed E-state index contributed by atoms with van der Waals surface area (Å²) in [5.74, 6) is -1.50. The second-order valence-electron chi connectivity index (χ2n) is 6.13. The van der Waals surface area contributed by atoms with Crippen LogP contribution in [-0.2, 0) is 4.79 Å². The van der Waals surface area contributed by atoms with E-state index in [1.54, 1.807) is 29.9 Å². The van der Waals surface area contributed by atoms with Crippen molar-refractivity contribution >= 4 is 22.9 Å². The van der Waals surface area contributed by atoms with Crippen LogP contribution in [0.2, 0.25) is 0 Å². The molecule has 2 rings (SSSR count). The van der Waals surface area contributed by atoms with E-state index in [4.69, 9.17) is 0 Å². The van der Waals surface area contributed by atoms with Crippen LogP contribution in [0.4, 0.5) is 0 Å². The zero-order valence-electron chi connectivity index (χ0n) is 14.8. The van der Waals surface area contributed by atoms with Crippen LogP contribution in [0.5, 0.6) is 0 Å². The normalized spacial score (nSPS) is 13.4. The van der Waals surface area contributed by atoms with E-state index in [9.17, 15) is 14.7 Å². The van der Waals surface area contributed by atoms with Crippen LogP contribution in [0.1, 0.15) is 55.2 Å². The van der Waals surface area contributed by atoms with Gasteiger partial charge in [0.05, 0.1) is 23.2 Å². The van der Waals surface area contributed by atoms with Crippen LogP contribution in [0.15, 0.2) is 24.9 Å². The van der Waals surface area contributed by atoms with E-state index >= 15 is 0 Å². The lowest BCUT2D eigenvalue weighted by molar-refractivity contribution is -0.139. The summed E-state index contributed by atoms with van der Waals surface area (Å²) in [5.41, 5.74) is 1.71. The number of carboxylic acids is 1. The largest absolute Gasteiger partial charge is 0.480 e. The number of fused-ring (bicyclic) bond motifs is 1. The monoisotopic (exact) mass is 344 g/mol. The molecule has 0 aliphatic rings. The van der Waals surface area contributed by atoms with E-state index in [1.807, 2.05) is 6.92 Å². The number of amides is 1. The lowest BCUT2D eigenvalue weighted by atomic mass is 10.1. The number of allylic oxidation sites excluding steroid dienone is 1. The molecule has 2 aromatic heterocycles. The first-order valence-electron chi connectivity index (χ1n) is 8.38. The number of aryl methyl sites for hydroxylation is 1. The highest BCUT2D eigenvalue weighted by atomic mass is 16.4. The number of aliphatic carboxylic acids is 1. The van der Waals surface area contributed by atoms with E-state index in [0.717, 1.165) is 6.42 Å². The van der Waals surface area contributed by atoms with Gasteiger partial charge in [-0.1, -0.05) is 13.0 Å². The van der Waals surface area contributed by atoms with Crippen molar-refractivity contribution in [1.82, 2.24) is 20.1 Å². The van der Waals surface area contributed by atoms with Crippen molar-refractivity contribution in [2.45, 2.75) is 52.1 Å². The second kappa shape index (κ2) is 7.92. The molecule has 7 heteroatoms. The molecule has 0 aliphatic heterocycles. The molecule has 1 amide bonds. The number of rotatable bonds is 8. The van der Waals surface area contributed by atoms with Gasteiger partial charge in [0.2, 0.25) is 0 Å². The molecule has 0 spiro atoms. The third-order valence-electron chi connectivity index (χ3n) is 4.21. The molecule has 2 heterocycles. The molecule has 0 aliphatic carbocycles. The molecule has 0 bridgehead atoms. The van der Waals surface area contributed by atoms with Crippen molar-refractivity contribution in [2.24, 2.45) is 0 Å². The van der Waals surface area contributed by atoms with Gasteiger partial charge in [-0.15, -0.1) is 6.58 Å². The number of carboxylic acid groups (broad SMARTS) is 1. The molecular weight excluding hydrogens is 320 g/mol. The van der Waals surface area contributed by atoms with E-state index < -0.39 is 17.9 Å². The zero-order valence-corrected chi connectivity index (χ0v) is 14.8. The highest BCUT2D eigenvalue weighted by Gasteiger charge is 2.23. The average Bonchev–Trinajstić information content (AvgIpc) is 3.00. The maximum Gasteiger partial charge on any atom is 0.326 e. The van der Waals surface area contributed by atoms with Gasteiger partial charge < -0.3 is 10.4 Å². The second-order valence-corrected chi connectivity index (χ2v) is 6.13. The van der Waals surface area contributed by atoms with Crippen LogP contribution in [0.25, 0.3) is 11.0 Å². The zero-order chi connectivity index (χ0) is 18.6. The molecule has 0 radical (unpaired) electrons. The summed E-state index contributed by atoms with van der Waals surface area (Å²) < 4.78 is 1.80. The van der Waals surface area contributed by atoms with Gasteiger partial charge in [0.25, 0.3) is 5.91 Å². The first-order valence-corrected chi connectivity index (χ1v) is 8.38. The number of nitrogens with one attached hydrogen (secondary N) is 1. The Hall–Kier alpha value is -2.70. The van der Waals surface area contributed by atoms with E-state index in [2.05, 4.69) is 28.9 Å². The van der Waals surface area contributed by atoms with Gasteiger partial charge in [-0.05, 0) is 39.2 Å². The van der Waals surface area contributed by atoms with Crippen molar-refractivity contribution in [1.29, 1.82) is 0 Å². The highest BCUT2D eigenvalue weighted by molar-refractivity contribution is 6.06. The topological polar surface area (TPSA) is 97.1 Å². The van der Waals surface area contributed by atoms with Crippen LogP contribution in [0.3, 0.4) is 0 Å². The fraction of sp³-hybridized carbons (Fsp3) is 0.444.